The van der Waals surface area contributed by atoms with Crippen molar-refractivity contribution >= 4 is 39.0 Å². The Morgan fingerprint density at radius 1 is 1.27 bits per heavy atom. The maximum atomic E-state index is 11.6. The zero-order valence-electron chi connectivity index (χ0n) is 11.1. The van der Waals surface area contributed by atoms with Crippen LogP contribution in [0.15, 0.2) is 46.4 Å². The van der Waals surface area contributed by atoms with Gasteiger partial charge in [-0.3, -0.25) is 4.99 Å². The third-order valence-corrected chi connectivity index (χ3v) is 4.18. The van der Waals surface area contributed by atoms with Gasteiger partial charge in [0, 0.05) is 23.5 Å². The molecule has 0 saturated carbocycles. The van der Waals surface area contributed by atoms with Gasteiger partial charge in [-0.1, -0.05) is 0 Å². The van der Waals surface area contributed by atoms with Crippen molar-refractivity contribution in [1.82, 2.24) is 4.98 Å². The molecule has 8 heteroatoms. The first-order valence-electron chi connectivity index (χ1n) is 6.20. The summed E-state index contributed by atoms with van der Waals surface area (Å²) in [7, 11) is -3.88. The number of aromatic nitrogens is 1. The van der Waals surface area contributed by atoms with Gasteiger partial charge in [-0.05, 0) is 30.3 Å². The Hall–Kier alpha value is -2.71. The van der Waals surface area contributed by atoms with Crippen molar-refractivity contribution < 1.29 is 18.3 Å². The molecule has 1 aliphatic rings. The summed E-state index contributed by atoms with van der Waals surface area (Å²) in [6.45, 7) is 0. The lowest BCUT2D eigenvalue weighted by Gasteiger charge is -2.07. The minimum absolute atomic E-state index is 0.0130. The second kappa shape index (κ2) is 4.93. The van der Waals surface area contributed by atoms with Gasteiger partial charge < -0.3 is 10.1 Å². The van der Waals surface area contributed by atoms with Crippen molar-refractivity contribution in [1.29, 1.82) is 0 Å². The van der Waals surface area contributed by atoms with E-state index in [1.165, 1.54) is 24.4 Å². The molecule has 1 aliphatic heterocycles. The summed E-state index contributed by atoms with van der Waals surface area (Å²) in [5.41, 5.74) is 1.66. The highest BCUT2D eigenvalue weighted by molar-refractivity contribution is 7.89. The molecule has 22 heavy (non-hydrogen) atoms. The molecule has 1 aromatic carbocycles. The Bertz CT molecular complexity index is 925. The third kappa shape index (κ3) is 2.34. The van der Waals surface area contributed by atoms with Crippen molar-refractivity contribution in [2.75, 3.05) is 0 Å². The van der Waals surface area contributed by atoms with Gasteiger partial charge in [0.2, 0.25) is 10.0 Å². The van der Waals surface area contributed by atoms with Crippen LogP contribution in [0.3, 0.4) is 0 Å². The normalized spacial score (nSPS) is 15.7. The van der Waals surface area contributed by atoms with E-state index in [1.807, 2.05) is 0 Å². The van der Waals surface area contributed by atoms with Gasteiger partial charge in [0.05, 0.1) is 21.8 Å². The molecule has 3 rings (SSSR count). The highest BCUT2D eigenvalue weighted by atomic mass is 32.2. The van der Waals surface area contributed by atoms with Crippen molar-refractivity contribution in [3.8, 4) is 0 Å². The number of hydrogen-bond donors (Lipinski definition) is 3. The fourth-order valence-corrected chi connectivity index (χ4v) is 2.82. The average molecular weight is 317 g/mol. The SMILES string of the molecule is NS(=O)(=O)c1ccc2c(c1)C(=C(C(=O)O)c1ccc[nH]1)C=N2. The molecule has 0 bridgehead atoms. The molecule has 2 aromatic rings. The number of benzene rings is 1. The van der Waals surface area contributed by atoms with E-state index in [9.17, 15) is 18.3 Å². The Kier molecular flexibility index (Phi) is 3.19. The molecule has 0 atom stereocenters. The first kappa shape index (κ1) is 14.2. The lowest BCUT2D eigenvalue weighted by atomic mass is 9.99. The molecule has 1 aromatic heterocycles. The van der Waals surface area contributed by atoms with Gasteiger partial charge in [-0.2, -0.15) is 0 Å². The standard InChI is InChI=1S/C14H11N3O4S/c15-22(20,21)8-3-4-11-9(6-8)10(7-17-11)13(14(18)19)12-2-1-5-16-12/h1-7,16H,(H,18,19)(H2,15,20,21). The van der Waals surface area contributed by atoms with Gasteiger partial charge in [0.1, 0.15) is 0 Å². The number of carbonyl (C=O) groups is 1. The Morgan fingerprint density at radius 3 is 2.64 bits per heavy atom. The number of primary sulfonamides is 1. The minimum Gasteiger partial charge on any atom is -0.478 e. The zero-order valence-corrected chi connectivity index (χ0v) is 12.0. The lowest BCUT2D eigenvalue weighted by Crippen LogP contribution is -2.12. The number of H-pyrrole nitrogens is 1. The molecule has 0 radical (unpaired) electrons. The van der Waals surface area contributed by atoms with Crippen LogP contribution < -0.4 is 5.14 Å². The van der Waals surface area contributed by atoms with E-state index >= 15 is 0 Å². The second-order valence-electron chi connectivity index (χ2n) is 4.66. The molecular formula is C14H11N3O4S. The number of rotatable bonds is 3. The summed E-state index contributed by atoms with van der Waals surface area (Å²) in [6.07, 6.45) is 3.01. The molecule has 0 amide bonds. The van der Waals surface area contributed by atoms with Crippen LogP contribution in [-0.2, 0) is 14.8 Å². The van der Waals surface area contributed by atoms with E-state index in [4.69, 9.17) is 5.14 Å². The van der Waals surface area contributed by atoms with E-state index in [2.05, 4.69) is 9.98 Å². The summed E-state index contributed by atoms with van der Waals surface area (Å²) in [4.78, 5) is 18.5. The zero-order chi connectivity index (χ0) is 15.9. The van der Waals surface area contributed by atoms with Crippen LogP contribution in [0.5, 0.6) is 0 Å². The van der Waals surface area contributed by atoms with Crippen LogP contribution in [0.1, 0.15) is 11.3 Å². The topological polar surface area (TPSA) is 126 Å². The molecule has 4 N–H and O–H groups in total. The van der Waals surface area contributed by atoms with Gasteiger partial charge in [-0.15, -0.1) is 0 Å². The van der Waals surface area contributed by atoms with Crippen molar-refractivity contribution in [3.63, 3.8) is 0 Å². The number of carboxylic acids is 1. The fraction of sp³-hybridized carbons (Fsp3) is 0. The van der Waals surface area contributed by atoms with E-state index in [1.54, 1.807) is 18.3 Å². The van der Waals surface area contributed by atoms with Crippen molar-refractivity contribution in [2.45, 2.75) is 4.90 Å². The lowest BCUT2D eigenvalue weighted by molar-refractivity contribution is -0.130. The second-order valence-corrected chi connectivity index (χ2v) is 6.22. The first-order valence-corrected chi connectivity index (χ1v) is 7.75. The number of aliphatic imine (C=N–C) groups is 1. The number of nitrogens with two attached hydrogens (primary N) is 1. The smallest absolute Gasteiger partial charge is 0.338 e. The molecule has 0 aliphatic carbocycles. The summed E-state index contributed by atoms with van der Waals surface area (Å²) < 4.78 is 22.9. The number of nitrogens with zero attached hydrogens (tertiary/aromatic N) is 1. The molecule has 0 spiro atoms. The van der Waals surface area contributed by atoms with E-state index in [0.29, 0.717) is 22.5 Å². The van der Waals surface area contributed by atoms with Gasteiger partial charge >= 0.3 is 5.97 Å². The molecule has 0 unspecified atom stereocenters. The fourth-order valence-electron chi connectivity index (χ4n) is 2.28. The number of fused-ring (bicyclic) bond motifs is 1. The number of hydrogen-bond acceptors (Lipinski definition) is 4. The summed E-state index contributed by atoms with van der Waals surface area (Å²) in [5, 5.41) is 14.6. The molecule has 7 nitrogen and oxygen atoms in total. The van der Waals surface area contributed by atoms with Crippen LogP contribution in [0.25, 0.3) is 11.1 Å². The van der Waals surface area contributed by atoms with Crippen molar-refractivity contribution in [3.05, 3.63) is 47.8 Å². The highest BCUT2D eigenvalue weighted by Crippen LogP contribution is 2.37. The Morgan fingerprint density at radius 2 is 2.05 bits per heavy atom. The number of sulfonamides is 1. The number of nitrogens with one attached hydrogen (secondary N) is 1. The molecule has 0 fully saturated rings. The van der Waals surface area contributed by atoms with E-state index in [-0.39, 0.29) is 10.5 Å². The maximum Gasteiger partial charge on any atom is 0.338 e. The third-order valence-electron chi connectivity index (χ3n) is 3.27. The van der Waals surface area contributed by atoms with Gasteiger partial charge in [0.15, 0.2) is 0 Å². The van der Waals surface area contributed by atoms with Crippen molar-refractivity contribution in [2.24, 2.45) is 10.1 Å². The van der Waals surface area contributed by atoms with Gasteiger partial charge in [0.25, 0.3) is 0 Å². The highest BCUT2D eigenvalue weighted by Gasteiger charge is 2.24. The predicted molar refractivity (Wildman–Crippen MR) is 81.2 cm³/mol. The monoisotopic (exact) mass is 317 g/mol. The quantitative estimate of drug-likeness (QED) is 0.739. The summed E-state index contributed by atoms with van der Waals surface area (Å²) in [6, 6.07) is 7.45. The van der Waals surface area contributed by atoms with Crippen LogP contribution in [0.4, 0.5) is 5.69 Å². The minimum atomic E-state index is -3.88. The molecular weight excluding hydrogens is 306 g/mol. The predicted octanol–water partition coefficient (Wildman–Crippen LogP) is 1.37. The van der Waals surface area contributed by atoms with Crippen LogP contribution in [0.2, 0.25) is 0 Å². The van der Waals surface area contributed by atoms with Crippen LogP contribution in [0, 0.1) is 0 Å². The number of allylic oxidation sites excluding steroid dienone is 1. The maximum absolute atomic E-state index is 11.6. The Labute approximate surface area is 125 Å². The largest absolute Gasteiger partial charge is 0.478 e. The first-order chi connectivity index (χ1) is 10.4. The van der Waals surface area contributed by atoms with E-state index < -0.39 is 16.0 Å². The van der Waals surface area contributed by atoms with E-state index in [0.717, 1.165) is 0 Å². The Balaban J connectivity index is 2.27. The summed E-state index contributed by atoms with van der Waals surface area (Å²) >= 11 is 0. The summed E-state index contributed by atoms with van der Waals surface area (Å²) in [5.74, 6) is -1.14. The number of aliphatic carboxylic acids is 1. The van der Waals surface area contributed by atoms with Crippen LogP contribution in [-0.4, -0.2) is 30.7 Å². The average Bonchev–Trinajstić information content (AvgIpc) is 3.08. The molecule has 0 saturated heterocycles. The molecule has 112 valence electrons. The number of aromatic amines is 1. The van der Waals surface area contributed by atoms with Crippen LogP contribution >= 0.6 is 0 Å². The number of carboxylic acid groups (broad SMARTS) is 1. The molecule has 2 heterocycles. The van der Waals surface area contributed by atoms with Gasteiger partial charge in [-0.25, -0.2) is 18.4 Å².